The van der Waals surface area contributed by atoms with E-state index in [9.17, 15) is 0 Å². The van der Waals surface area contributed by atoms with E-state index in [0.29, 0.717) is 0 Å². The van der Waals surface area contributed by atoms with E-state index in [1.807, 2.05) is 25.6 Å². The number of hydrogen-bond acceptors (Lipinski definition) is 2. The Hall–Kier alpha value is 0.310. The fourth-order valence-corrected chi connectivity index (χ4v) is 0.884. The summed E-state index contributed by atoms with van der Waals surface area (Å²) in [7, 11) is 0. The molecule has 44 valence electrons. The zero-order chi connectivity index (χ0) is 5.54. The molecule has 0 aliphatic carbocycles. The molecule has 0 spiro atoms. The van der Waals surface area contributed by atoms with Crippen LogP contribution in [0.1, 0.15) is 13.8 Å². The highest BCUT2D eigenvalue weighted by Gasteiger charge is 1.94. The minimum absolute atomic E-state index is 0.917. The molecule has 0 amide bonds. The molecule has 0 saturated carbocycles. The van der Waals surface area contributed by atoms with Crippen LogP contribution in [0.25, 0.3) is 0 Å². The Morgan fingerprint density at radius 3 is 2.29 bits per heavy atom. The Labute approximate surface area is 49.4 Å². The maximum Gasteiger partial charge on any atom is 0.0922 e. The Kier molecular flexibility index (Phi) is 6.59. The average molecular weight is 120 g/mol. The molecule has 0 atom stereocenters. The smallest absolute Gasteiger partial charge is 0.0922 e. The average Bonchev–Trinajstić information content (AvgIpc) is 2.23. The van der Waals surface area contributed by atoms with Crippen LogP contribution in [-0.4, -0.2) is 18.3 Å². The molecule has 7 heavy (non-hydrogen) atoms. The summed E-state index contributed by atoms with van der Waals surface area (Å²) >= 11 is 1.85. The van der Waals surface area contributed by atoms with Crippen LogP contribution in [0.4, 0.5) is 0 Å². The summed E-state index contributed by atoms with van der Waals surface area (Å²) in [5.74, 6) is 2.11. The molecule has 1 heterocycles. The van der Waals surface area contributed by atoms with E-state index in [4.69, 9.17) is 4.74 Å². The number of rotatable bonds is 0. The lowest BCUT2D eigenvalue weighted by Gasteiger charge is -1.75. The molecule has 0 unspecified atom stereocenters. The molecule has 0 bridgehead atoms. The van der Waals surface area contributed by atoms with Gasteiger partial charge in [-0.1, -0.05) is 13.8 Å². The third kappa shape index (κ3) is 4.16. The van der Waals surface area contributed by atoms with Crippen molar-refractivity contribution in [3.63, 3.8) is 0 Å². The Morgan fingerprint density at radius 1 is 1.43 bits per heavy atom. The van der Waals surface area contributed by atoms with Crippen LogP contribution < -0.4 is 0 Å². The van der Waals surface area contributed by atoms with Gasteiger partial charge in [0.05, 0.1) is 12.5 Å². The maximum absolute atomic E-state index is 4.91. The molecule has 1 fully saturated rings. The summed E-state index contributed by atoms with van der Waals surface area (Å²) in [5.41, 5.74) is 0. The third-order valence-electron chi connectivity index (χ3n) is 0.539. The SMILES string of the molecule is C1CSCO1.CC. The van der Waals surface area contributed by atoms with Gasteiger partial charge in [-0.3, -0.25) is 0 Å². The first kappa shape index (κ1) is 7.31. The zero-order valence-electron chi connectivity index (χ0n) is 4.94. The van der Waals surface area contributed by atoms with E-state index in [0.717, 1.165) is 12.5 Å². The molecule has 1 nitrogen and oxygen atoms in total. The highest BCUT2D eigenvalue weighted by molar-refractivity contribution is 7.99. The molecule has 2 heteroatoms. The third-order valence-corrected chi connectivity index (χ3v) is 1.33. The van der Waals surface area contributed by atoms with Crippen LogP contribution in [-0.2, 0) is 4.74 Å². The van der Waals surface area contributed by atoms with Crippen molar-refractivity contribution in [2.45, 2.75) is 13.8 Å². The van der Waals surface area contributed by atoms with E-state index in [-0.39, 0.29) is 0 Å². The van der Waals surface area contributed by atoms with Gasteiger partial charge in [-0.2, -0.15) is 0 Å². The molecule has 1 aliphatic rings. The topological polar surface area (TPSA) is 9.23 Å². The van der Waals surface area contributed by atoms with Crippen molar-refractivity contribution in [1.29, 1.82) is 0 Å². The first-order valence-electron chi connectivity index (χ1n) is 2.65. The fourth-order valence-electron chi connectivity index (χ4n) is 0.295. The lowest BCUT2D eigenvalue weighted by atomic mass is 10.9. The molecular formula is C5H12OS. The number of thioether (sulfide) groups is 1. The van der Waals surface area contributed by atoms with Gasteiger partial charge in [0.2, 0.25) is 0 Å². The van der Waals surface area contributed by atoms with Gasteiger partial charge in [0, 0.05) is 5.75 Å². The molecule has 1 aliphatic heterocycles. The molecule has 1 rings (SSSR count). The predicted octanol–water partition coefficient (Wildman–Crippen LogP) is 1.73. The Bertz CT molecular complexity index is 19.7. The maximum atomic E-state index is 4.91. The highest BCUT2D eigenvalue weighted by Crippen LogP contribution is 2.06. The lowest BCUT2D eigenvalue weighted by molar-refractivity contribution is 0.217. The first-order valence-corrected chi connectivity index (χ1v) is 3.81. The number of hydrogen-bond donors (Lipinski definition) is 0. The van der Waals surface area contributed by atoms with E-state index < -0.39 is 0 Å². The van der Waals surface area contributed by atoms with Crippen molar-refractivity contribution in [2.24, 2.45) is 0 Å². The van der Waals surface area contributed by atoms with Gasteiger partial charge >= 0.3 is 0 Å². The summed E-state index contributed by atoms with van der Waals surface area (Å²) in [4.78, 5) is 0. The van der Waals surface area contributed by atoms with Gasteiger partial charge in [0.1, 0.15) is 0 Å². The van der Waals surface area contributed by atoms with Gasteiger partial charge in [-0.25, -0.2) is 0 Å². The predicted molar refractivity (Wildman–Crippen MR) is 34.6 cm³/mol. The summed E-state index contributed by atoms with van der Waals surface area (Å²) in [5, 5.41) is 0. The standard InChI is InChI=1S/C3H6OS.C2H6/c1-2-5-3-4-1;1-2/h1-3H2;1-2H3. The highest BCUT2D eigenvalue weighted by atomic mass is 32.2. The molecule has 0 N–H and O–H groups in total. The van der Waals surface area contributed by atoms with Crippen LogP contribution in [0.2, 0.25) is 0 Å². The second-order valence-electron chi connectivity index (χ2n) is 0.934. The van der Waals surface area contributed by atoms with Crippen LogP contribution >= 0.6 is 11.8 Å². The minimum atomic E-state index is 0.917. The van der Waals surface area contributed by atoms with E-state index in [1.165, 1.54) is 5.75 Å². The van der Waals surface area contributed by atoms with Gasteiger partial charge in [-0.15, -0.1) is 11.8 Å². The quantitative estimate of drug-likeness (QED) is 0.481. The number of ether oxygens (including phenoxy) is 1. The van der Waals surface area contributed by atoms with E-state index in [2.05, 4.69) is 0 Å². The van der Waals surface area contributed by atoms with Crippen molar-refractivity contribution in [2.75, 3.05) is 18.3 Å². The van der Waals surface area contributed by atoms with Gasteiger partial charge in [0.15, 0.2) is 0 Å². The monoisotopic (exact) mass is 120 g/mol. The van der Waals surface area contributed by atoms with Crippen molar-refractivity contribution >= 4 is 11.8 Å². The van der Waals surface area contributed by atoms with Crippen LogP contribution in [0, 0.1) is 0 Å². The molecular weight excluding hydrogens is 108 g/mol. The molecule has 0 aromatic carbocycles. The summed E-state index contributed by atoms with van der Waals surface area (Å²) < 4.78 is 4.91. The molecule has 0 aromatic rings. The van der Waals surface area contributed by atoms with Crippen molar-refractivity contribution < 1.29 is 4.74 Å². The van der Waals surface area contributed by atoms with E-state index in [1.54, 1.807) is 0 Å². The summed E-state index contributed by atoms with van der Waals surface area (Å²) in [6.45, 7) is 4.96. The second-order valence-corrected chi connectivity index (χ2v) is 1.99. The molecule has 0 aromatic heterocycles. The van der Waals surface area contributed by atoms with Crippen LogP contribution in [0.15, 0.2) is 0 Å². The van der Waals surface area contributed by atoms with Gasteiger partial charge < -0.3 is 4.74 Å². The van der Waals surface area contributed by atoms with Gasteiger partial charge in [-0.05, 0) is 0 Å². The minimum Gasteiger partial charge on any atom is -0.370 e. The van der Waals surface area contributed by atoms with Crippen molar-refractivity contribution in [1.82, 2.24) is 0 Å². The van der Waals surface area contributed by atoms with Crippen molar-refractivity contribution in [3.8, 4) is 0 Å². The van der Waals surface area contributed by atoms with Crippen molar-refractivity contribution in [3.05, 3.63) is 0 Å². The second kappa shape index (κ2) is 6.31. The Morgan fingerprint density at radius 2 is 2.14 bits per heavy atom. The van der Waals surface area contributed by atoms with Gasteiger partial charge in [0.25, 0.3) is 0 Å². The molecule has 1 saturated heterocycles. The van der Waals surface area contributed by atoms with E-state index >= 15 is 0 Å². The van der Waals surface area contributed by atoms with Crippen LogP contribution in [0.5, 0.6) is 0 Å². The summed E-state index contributed by atoms with van der Waals surface area (Å²) in [6.07, 6.45) is 0. The van der Waals surface area contributed by atoms with Crippen LogP contribution in [0.3, 0.4) is 0 Å². The Balaban J connectivity index is 0.000000162. The first-order chi connectivity index (χ1) is 3.50. The summed E-state index contributed by atoms with van der Waals surface area (Å²) in [6, 6.07) is 0. The normalized spacial score (nSPS) is 18.0. The lowest BCUT2D eigenvalue weighted by Crippen LogP contribution is -1.77. The zero-order valence-corrected chi connectivity index (χ0v) is 5.75. The largest absolute Gasteiger partial charge is 0.370 e. The fraction of sp³-hybridized carbons (Fsp3) is 1.00. The molecule has 0 radical (unpaired) electrons.